The molecule has 0 atom stereocenters. The summed E-state index contributed by atoms with van der Waals surface area (Å²) in [6, 6.07) is 3.61. The average Bonchev–Trinajstić information content (AvgIpc) is 3.37. The highest BCUT2D eigenvalue weighted by Gasteiger charge is 2.28. The number of ketones is 1. The van der Waals surface area contributed by atoms with Crippen LogP contribution in [0.1, 0.15) is 41.7 Å². The van der Waals surface area contributed by atoms with Crippen LogP contribution in [0.4, 0.5) is 0 Å². The first-order chi connectivity index (χ1) is 14.0. The van der Waals surface area contributed by atoms with E-state index in [2.05, 4.69) is 10.1 Å². The summed E-state index contributed by atoms with van der Waals surface area (Å²) in [4.78, 5) is 41.8. The van der Waals surface area contributed by atoms with Gasteiger partial charge < -0.3 is 14.3 Å². The lowest BCUT2D eigenvalue weighted by Gasteiger charge is -2.31. The van der Waals surface area contributed by atoms with E-state index in [4.69, 9.17) is 0 Å². The number of aromatic nitrogens is 4. The topological polar surface area (TPSA) is 92.5 Å². The molecule has 0 bridgehead atoms. The summed E-state index contributed by atoms with van der Waals surface area (Å²) < 4.78 is 3.44. The maximum atomic E-state index is 12.5. The summed E-state index contributed by atoms with van der Waals surface area (Å²) in [6.07, 6.45) is 10.2. The average molecular weight is 395 g/mol. The summed E-state index contributed by atoms with van der Waals surface area (Å²) in [7, 11) is 1.80. The van der Waals surface area contributed by atoms with E-state index in [-0.39, 0.29) is 23.2 Å². The number of nitrogens with one attached hydrogen (secondary N) is 1. The van der Waals surface area contributed by atoms with Crippen molar-refractivity contribution in [1.82, 2.24) is 24.1 Å². The first-order valence-electron chi connectivity index (χ1n) is 10.0. The number of fused-ring (bicyclic) bond motifs is 1. The second-order valence-corrected chi connectivity index (χ2v) is 7.68. The normalized spacial score (nSPS) is 15.1. The zero-order chi connectivity index (χ0) is 20.4. The second kappa shape index (κ2) is 8.06. The molecule has 0 radical (unpaired) electrons. The van der Waals surface area contributed by atoms with Gasteiger partial charge in [0.25, 0.3) is 5.56 Å². The molecule has 0 unspecified atom stereocenters. The SMILES string of the molecule is Cn1cc(C(=O)C2CCN(C(=O)CCCc3cn4cccc4c(=O)[nH]3)CC2)cn1. The van der Waals surface area contributed by atoms with Crippen LogP contribution in [-0.2, 0) is 18.3 Å². The Morgan fingerprint density at radius 1 is 1.24 bits per heavy atom. The van der Waals surface area contributed by atoms with E-state index in [0.29, 0.717) is 56.3 Å². The number of piperidine rings is 1. The van der Waals surface area contributed by atoms with Crippen LogP contribution in [0.25, 0.3) is 5.52 Å². The first-order valence-corrected chi connectivity index (χ1v) is 10.0. The van der Waals surface area contributed by atoms with Gasteiger partial charge in [-0.2, -0.15) is 5.10 Å². The Morgan fingerprint density at radius 3 is 2.76 bits per heavy atom. The fourth-order valence-electron chi connectivity index (χ4n) is 4.00. The highest BCUT2D eigenvalue weighted by molar-refractivity contribution is 5.97. The molecule has 0 aliphatic carbocycles. The number of nitrogens with zero attached hydrogens (tertiary/aromatic N) is 4. The van der Waals surface area contributed by atoms with E-state index in [1.807, 2.05) is 23.4 Å². The Morgan fingerprint density at radius 2 is 2.03 bits per heavy atom. The van der Waals surface area contributed by atoms with Gasteiger partial charge in [-0.1, -0.05) is 0 Å². The lowest BCUT2D eigenvalue weighted by atomic mass is 9.90. The number of likely N-dealkylation sites (tertiary alicyclic amines) is 1. The van der Waals surface area contributed by atoms with E-state index < -0.39 is 0 Å². The summed E-state index contributed by atoms with van der Waals surface area (Å²) in [5, 5.41) is 4.06. The Bertz CT molecular complexity index is 1090. The lowest BCUT2D eigenvalue weighted by Crippen LogP contribution is -2.40. The van der Waals surface area contributed by atoms with Gasteiger partial charge in [0.15, 0.2) is 5.78 Å². The molecule has 0 saturated carbocycles. The minimum atomic E-state index is -0.112. The molecule has 1 aliphatic rings. The first kappa shape index (κ1) is 19.2. The zero-order valence-corrected chi connectivity index (χ0v) is 16.5. The monoisotopic (exact) mass is 395 g/mol. The van der Waals surface area contributed by atoms with E-state index in [0.717, 1.165) is 5.69 Å². The summed E-state index contributed by atoms with van der Waals surface area (Å²) >= 11 is 0. The number of Topliss-reactive ketones (excluding diaryl/α,β-unsaturated/α-hetero) is 1. The summed E-state index contributed by atoms with van der Waals surface area (Å²) in [5.41, 5.74) is 1.98. The summed E-state index contributed by atoms with van der Waals surface area (Å²) in [5.74, 6) is 0.192. The molecule has 0 spiro atoms. The molecule has 29 heavy (non-hydrogen) atoms. The quantitative estimate of drug-likeness (QED) is 0.644. The third kappa shape index (κ3) is 4.16. The number of H-pyrrole nitrogens is 1. The van der Waals surface area contributed by atoms with Crippen molar-refractivity contribution < 1.29 is 9.59 Å². The highest BCUT2D eigenvalue weighted by Crippen LogP contribution is 2.22. The molecule has 152 valence electrons. The Kier molecular flexibility index (Phi) is 5.33. The van der Waals surface area contributed by atoms with Gasteiger partial charge in [0.2, 0.25) is 5.91 Å². The fraction of sp³-hybridized carbons (Fsp3) is 0.429. The number of rotatable bonds is 6. The van der Waals surface area contributed by atoms with Crippen molar-refractivity contribution in [2.24, 2.45) is 13.0 Å². The maximum Gasteiger partial charge on any atom is 0.272 e. The van der Waals surface area contributed by atoms with Crippen molar-refractivity contribution >= 4 is 17.2 Å². The number of hydrogen-bond acceptors (Lipinski definition) is 4. The molecule has 0 aromatic carbocycles. The van der Waals surface area contributed by atoms with Crippen molar-refractivity contribution in [3.8, 4) is 0 Å². The molecule has 4 heterocycles. The molecule has 1 amide bonds. The number of amides is 1. The second-order valence-electron chi connectivity index (χ2n) is 7.68. The number of aryl methyl sites for hydroxylation is 2. The molecule has 3 aromatic rings. The third-order valence-corrected chi connectivity index (χ3v) is 5.63. The van der Waals surface area contributed by atoms with Gasteiger partial charge in [0.1, 0.15) is 5.52 Å². The van der Waals surface area contributed by atoms with Gasteiger partial charge in [-0.05, 0) is 37.8 Å². The molecule has 3 aromatic heterocycles. The van der Waals surface area contributed by atoms with Crippen LogP contribution in [0.5, 0.6) is 0 Å². The number of hydrogen-bond donors (Lipinski definition) is 1. The van der Waals surface area contributed by atoms with Gasteiger partial charge in [-0.3, -0.25) is 19.1 Å². The van der Waals surface area contributed by atoms with E-state index in [1.165, 1.54) is 0 Å². The molecule has 1 N–H and O–H groups in total. The van der Waals surface area contributed by atoms with E-state index in [9.17, 15) is 14.4 Å². The predicted octanol–water partition coefficient (Wildman–Crippen LogP) is 1.81. The molecule has 1 saturated heterocycles. The minimum absolute atomic E-state index is 0.0402. The van der Waals surface area contributed by atoms with Crippen LogP contribution in [-0.4, -0.2) is 48.8 Å². The third-order valence-electron chi connectivity index (χ3n) is 5.63. The van der Waals surface area contributed by atoms with Crippen LogP contribution in [0.2, 0.25) is 0 Å². The minimum Gasteiger partial charge on any atom is -0.343 e. The van der Waals surface area contributed by atoms with Crippen molar-refractivity contribution in [2.75, 3.05) is 13.1 Å². The van der Waals surface area contributed by atoms with Crippen molar-refractivity contribution in [3.63, 3.8) is 0 Å². The summed E-state index contributed by atoms with van der Waals surface area (Å²) in [6.45, 7) is 1.23. The van der Waals surface area contributed by atoms with Crippen LogP contribution in [0.3, 0.4) is 0 Å². The van der Waals surface area contributed by atoms with Gasteiger partial charge >= 0.3 is 0 Å². The Balaban J connectivity index is 1.25. The largest absolute Gasteiger partial charge is 0.343 e. The number of aromatic amines is 1. The van der Waals surface area contributed by atoms with Crippen LogP contribution >= 0.6 is 0 Å². The van der Waals surface area contributed by atoms with Crippen LogP contribution < -0.4 is 5.56 Å². The number of carbonyl (C=O) groups excluding carboxylic acids is 2. The molecule has 8 heteroatoms. The smallest absolute Gasteiger partial charge is 0.272 e. The van der Waals surface area contributed by atoms with Crippen molar-refractivity contribution in [3.05, 3.63) is 58.5 Å². The van der Waals surface area contributed by atoms with Gasteiger partial charge in [0, 0.05) is 56.8 Å². The molecular formula is C21H25N5O3. The van der Waals surface area contributed by atoms with E-state index in [1.54, 1.807) is 34.6 Å². The predicted molar refractivity (Wildman–Crippen MR) is 108 cm³/mol. The molecular weight excluding hydrogens is 370 g/mol. The molecule has 1 fully saturated rings. The molecule has 4 rings (SSSR count). The van der Waals surface area contributed by atoms with Gasteiger partial charge in [0.05, 0.1) is 11.8 Å². The Hall–Kier alpha value is -3.16. The highest BCUT2D eigenvalue weighted by atomic mass is 16.2. The lowest BCUT2D eigenvalue weighted by molar-refractivity contribution is -0.132. The standard InChI is InChI=1S/C21H25N5O3/c1-24-13-16(12-22-24)20(28)15-7-10-25(11-8-15)19(27)6-2-4-17-14-26-9-3-5-18(26)21(29)23-17/h3,5,9,12-15H,2,4,6-8,10-11H2,1H3,(H,23,29). The van der Waals surface area contributed by atoms with Crippen LogP contribution in [0.15, 0.2) is 41.7 Å². The zero-order valence-electron chi connectivity index (χ0n) is 16.5. The van der Waals surface area contributed by atoms with Gasteiger partial charge in [-0.25, -0.2) is 0 Å². The Labute approximate surface area is 168 Å². The van der Waals surface area contributed by atoms with E-state index >= 15 is 0 Å². The van der Waals surface area contributed by atoms with Crippen molar-refractivity contribution in [2.45, 2.75) is 32.1 Å². The van der Waals surface area contributed by atoms with Crippen molar-refractivity contribution in [1.29, 1.82) is 0 Å². The number of carbonyl (C=O) groups is 2. The fourth-order valence-corrected chi connectivity index (χ4v) is 4.00. The van der Waals surface area contributed by atoms with Gasteiger partial charge in [-0.15, -0.1) is 0 Å². The molecule has 8 nitrogen and oxygen atoms in total. The molecule has 1 aliphatic heterocycles. The maximum absolute atomic E-state index is 12.5. The van der Waals surface area contributed by atoms with Crippen LogP contribution in [0, 0.1) is 5.92 Å².